The smallest absolute Gasteiger partial charge is 0.289 e. The summed E-state index contributed by atoms with van der Waals surface area (Å²) >= 11 is 12.7. The van der Waals surface area contributed by atoms with E-state index in [1.54, 1.807) is 39.0 Å². The minimum Gasteiger partial charge on any atom is -0.487 e. The number of nitrogens with one attached hydrogen (secondary N) is 3. The molecule has 2 aromatic rings. The van der Waals surface area contributed by atoms with Gasteiger partial charge in [-0.2, -0.15) is 0 Å². The Bertz CT molecular complexity index is 1760. The van der Waals surface area contributed by atoms with Crippen LogP contribution in [-0.4, -0.2) is 105 Å². The van der Waals surface area contributed by atoms with E-state index in [-0.39, 0.29) is 52.8 Å². The molecule has 0 spiro atoms. The molecule has 1 aromatic carbocycles. The third kappa shape index (κ3) is 10.6. The zero-order valence-corrected chi connectivity index (χ0v) is 34.2. The zero-order valence-electron chi connectivity index (χ0n) is 32.7. The van der Waals surface area contributed by atoms with Crippen LogP contribution in [-0.2, 0) is 24.0 Å². The van der Waals surface area contributed by atoms with Crippen molar-refractivity contribution in [1.29, 1.82) is 0 Å². The lowest BCUT2D eigenvalue weighted by atomic mass is 9.82. The predicted molar refractivity (Wildman–Crippen MR) is 210 cm³/mol. The van der Waals surface area contributed by atoms with Gasteiger partial charge in [-0.25, -0.2) is 4.98 Å². The van der Waals surface area contributed by atoms with Crippen molar-refractivity contribution in [3.05, 3.63) is 52.5 Å². The number of ether oxygens (including phenoxy) is 1. The highest BCUT2D eigenvalue weighted by molar-refractivity contribution is 6.43. The number of likely N-dealkylation sites (N-methyl/N-ethyl adjacent to an activating group) is 1. The van der Waals surface area contributed by atoms with E-state index < -0.39 is 71.0 Å². The van der Waals surface area contributed by atoms with Gasteiger partial charge in [-0.3, -0.25) is 33.8 Å². The van der Waals surface area contributed by atoms with Crippen molar-refractivity contribution in [2.45, 2.75) is 128 Å². The number of likely N-dealkylation sites (tertiary alicyclic amines) is 1. The molecule has 5 amide bonds. The Morgan fingerprint density at radius 1 is 1.00 bits per heavy atom. The highest BCUT2D eigenvalue weighted by Gasteiger charge is 2.48. The van der Waals surface area contributed by atoms with Crippen molar-refractivity contribution in [3.63, 3.8) is 0 Å². The van der Waals surface area contributed by atoms with E-state index in [1.807, 2.05) is 6.92 Å². The van der Waals surface area contributed by atoms with E-state index in [9.17, 15) is 28.8 Å². The number of amides is 5. The molecule has 1 aromatic heterocycles. The lowest BCUT2D eigenvalue weighted by molar-refractivity contribution is -0.151. The van der Waals surface area contributed by atoms with Crippen LogP contribution in [0.25, 0.3) is 0 Å². The lowest BCUT2D eigenvalue weighted by Gasteiger charge is -2.38. The average molecular weight is 815 g/mol. The summed E-state index contributed by atoms with van der Waals surface area (Å²) in [5.74, 6) is -3.56. The van der Waals surface area contributed by atoms with Gasteiger partial charge in [0, 0.05) is 31.9 Å². The van der Waals surface area contributed by atoms with Crippen molar-refractivity contribution >= 4 is 58.5 Å². The standard InChI is InChI=1S/C40H53Cl2N7O7/c1-6-11-28(33(50)37(53)45-24-16-17-24)48(5)38(54)29-20-25(56-30-15-10-14-26(41)31(30)42)22-49(29)39(55)34(40(2,3)4)47-36(52)32(23-12-8-7-9-13-23)46-35(51)27-21-43-18-19-44-27/h10,14-15,18-19,21,23-25,28-29,32,34H,6-9,11-13,16-17,20,22H2,1-5H3,(H,45,53)(H,46,51)(H,47,52). The van der Waals surface area contributed by atoms with Crippen LogP contribution in [0.4, 0.5) is 0 Å². The molecule has 16 heteroatoms. The van der Waals surface area contributed by atoms with Crippen molar-refractivity contribution in [1.82, 2.24) is 35.7 Å². The molecule has 5 unspecified atom stereocenters. The molecule has 2 aliphatic carbocycles. The first-order valence-corrected chi connectivity index (χ1v) is 20.3. The number of benzene rings is 1. The number of Topliss-reactive ketones (excluding diaryl/α,β-unsaturated/α-hetero) is 1. The normalized spacial score (nSPS) is 20.3. The van der Waals surface area contributed by atoms with E-state index in [4.69, 9.17) is 27.9 Å². The molecule has 56 heavy (non-hydrogen) atoms. The maximum atomic E-state index is 14.9. The number of ketones is 1. The van der Waals surface area contributed by atoms with Crippen LogP contribution < -0.4 is 20.7 Å². The fourth-order valence-corrected chi connectivity index (χ4v) is 7.79. The second kappa shape index (κ2) is 18.8. The topological polar surface area (TPSA) is 180 Å². The van der Waals surface area contributed by atoms with Crippen LogP contribution in [0.5, 0.6) is 5.75 Å². The zero-order chi connectivity index (χ0) is 40.7. The lowest BCUT2D eigenvalue weighted by Crippen LogP contribution is -2.62. The molecule has 3 fully saturated rings. The summed E-state index contributed by atoms with van der Waals surface area (Å²) in [4.78, 5) is 94.1. The van der Waals surface area contributed by atoms with Gasteiger partial charge < -0.3 is 30.5 Å². The Kier molecular flexibility index (Phi) is 14.4. The molecule has 5 rings (SSSR count). The highest BCUT2D eigenvalue weighted by atomic mass is 35.5. The van der Waals surface area contributed by atoms with Crippen molar-refractivity contribution in [2.75, 3.05) is 13.6 Å². The molecule has 1 saturated heterocycles. The van der Waals surface area contributed by atoms with Gasteiger partial charge in [-0.1, -0.05) is 82.6 Å². The number of carbonyl (C=O) groups is 6. The summed E-state index contributed by atoms with van der Waals surface area (Å²) in [5, 5.41) is 8.99. The van der Waals surface area contributed by atoms with Gasteiger partial charge in [0.05, 0.1) is 23.8 Å². The predicted octanol–water partition coefficient (Wildman–Crippen LogP) is 4.52. The van der Waals surface area contributed by atoms with E-state index in [2.05, 4.69) is 25.9 Å². The molecule has 304 valence electrons. The van der Waals surface area contributed by atoms with Crippen LogP contribution in [0.3, 0.4) is 0 Å². The molecular weight excluding hydrogens is 761 g/mol. The minimum atomic E-state index is -1.15. The van der Waals surface area contributed by atoms with E-state index in [0.29, 0.717) is 19.3 Å². The number of nitrogens with zero attached hydrogens (tertiary/aromatic N) is 4. The van der Waals surface area contributed by atoms with E-state index >= 15 is 0 Å². The quantitative estimate of drug-likeness (QED) is 0.218. The third-order valence-electron chi connectivity index (χ3n) is 10.7. The number of hydrogen-bond acceptors (Lipinski definition) is 9. The van der Waals surface area contributed by atoms with Gasteiger partial charge in [0.2, 0.25) is 23.5 Å². The molecule has 3 aliphatic rings. The molecule has 1 aliphatic heterocycles. The Morgan fingerprint density at radius 2 is 1.71 bits per heavy atom. The van der Waals surface area contributed by atoms with Gasteiger partial charge in [-0.15, -0.1) is 0 Å². The maximum Gasteiger partial charge on any atom is 0.289 e. The number of carbonyl (C=O) groups excluding carboxylic acids is 6. The van der Waals surface area contributed by atoms with Gasteiger partial charge >= 0.3 is 0 Å². The van der Waals surface area contributed by atoms with Crippen molar-refractivity contribution in [2.24, 2.45) is 11.3 Å². The van der Waals surface area contributed by atoms with Gasteiger partial charge in [0.25, 0.3) is 11.8 Å². The fraction of sp³-hybridized carbons (Fsp3) is 0.600. The van der Waals surface area contributed by atoms with Crippen LogP contribution in [0.1, 0.15) is 102 Å². The SMILES string of the molecule is CCCC(C(=O)C(=O)NC1CC1)N(C)C(=O)C1CC(Oc2cccc(Cl)c2Cl)CN1C(=O)C(NC(=O)C(NC(=O)c1cnccn1)C1CCCCC1)C(C)(C)C. The average Bonchev–Trinajstić information content (AvgIpc) is 3.90. The summed E-state index contributed by atoms with van der Waals surface area (Å²) < 4.78 is 6.26. The molecule has 2 heterocycles. The largest absolute Gasteiger partial charge is 0.487 e. The molecule has 5 atom stereocenters. The first kappa shape index (κ1) is 42.8. The summed E-state index contributed by atoms with van der Waals surface area (Å²) in [6, 6.07) is 0.571. The number of rotatable bonds is 15. The summed E-state index contributed by atoms with van der Waals surface area (Å²) in [7, 11) is 1.47. The maximum absolute atomic E-state index is 14.9. The van der Waals surface area contributed by atoms with Crippen molar-refractivity contribution in [3.8, 4) is 5.75 Å². The fourth-order valence-electron chi connectivity index (χ4n) is 7.46. The first-order valence-electron chi connectivity index (χ1n) is 19.5. The Labute approximate surface area is 338 Å². The molecule has 3 N–H and O–H groups in total. The van der Waals surface area contributed by atoms with Crippen molar-refractivity contribution < 1.29 is 33.5 Å². The van der Waals surface area contributed by atoms with E-state index in [0.717, 1.165) is 32.1 Å². The van der Waals surface area contributed by atoms with Crippen LogP contribution >= 0.6 is 23.2 Å². The molecule has 0 bridgehead atoms. The number of hydrogen-bond donors (Lipinski definition) is 3. The monoisotopic (exact) mass is 813 g/mol. The highest BCUT2D eigenvalue weighted by Crippen LogP contribution is 2.35. The summed E-state index contributed by atoms with van der Waals surface area (Å²) in [6.07, 6.45) is 10.0. The second-order valence-electron chi connectivity index (χ2n) is 16.1. The van der Waals surface area contributed by atoms with Crippen LogP contribution in [0, 0.1) is 11.3 Å². The third-order valence-corrected chi connectivity index (χ3v) is 11.5. The van der Waals surface area contributed by atoms with Gasteiger partial charge in [-0.05, 0) is 55.6 Å². The minimum absolute atomic E-state index is 0.0305. The Morgan fingerprint density at radius 3 is 2.34 bits per heavy atom. The number of aromatic nitrogens is 2. The van der Waals surface area contributed by atoms with Gasteiger partial charge in [0.15, 0.2) is 0 Å². The first-order chi connectivity index (χ1) is 26.6. The van der Waals surface area contributed by atoms with Gasteiger partial charge in [0.1, 0.15) is 40.7 Å². The molecular formula is C40H53Cl2N7O7. The Balaban J connectivity index is 1.44. The Hall–Kier alpha value is -4.30. The summed E-state index contributed by atoms with van der Waals surface area (Å²) in [5.41, 5.74) is -0.808. The molecule has 14 nitrogen and oxygen atoms in total. The molecule has 0 radical (unpaired) electrons. The molecule has 2 saturated carbocycles. The van der Waals surface area contributed by atoms with Crippen LogP contribution in [0.15, 0.2) is 36.8 Å². The number of halogens is 2. The van der Waals surface area contributed by atoms with Crippen LogP contribution in [0.2, 0.25) is 10.0 Å². The van der Waals surface area contributed by atoms with E-state index in [1.165, 1.54) is 35.4 Å². The summed E-state index contributed by atoms with van der Waals surface area (Å²) in [6.45, 7) is 7.21. The second-order valence-corrected chi connectivity index (χ2v) is 16.9.